The van der Waals surface area contributed by atoms with Crippen molar-refractivity contribution in [1.82, 2.24) is 14.7 Å². The molecule has 0 spiro atoms. The summed E-state index contributed by atoms with van der Waals surface area (Å²) in [4.78, 5) is 14.0. The van der Waals surface area contributed by atoms with Gasteiger partial charge in [-0.2, -0.15) is 5.10 Å². The molecule has 1 aliphatic carbocycles. The first-order chi connectivity index (χ1) is 7.24. The number of carbonyl (C=O) groups excluding carboxylic acids is 1. The molecule has 0 saturated heterocycles. The molecule has 15 heavy (non-hydrogen) atoms. The molecule has 2 aliphatic rings. The van der Waals surface area contributed by atoms with Crippen molar-refractivity contribution in [2.45, 2.75) is 26.3 Å². The van der Waals surface area contributed by atoms with Gasteiger partial charge in [-0.25, -0.2) is 0 Å². The second-order valence-electron chi connectivity index (χ2n) is 4.59. The number of carbonyl (C=O) groups is 1. The fourth-order valence-electron chi connectivity index (χ4n) is 2.15. The molecule has 2 heterocycles. The summed E-state index contributed by atoms with van der Waals surface area (Å²) in [7, 11) is 0. The smallest absolute Gasteiger partial charge is 0.272 e. The van der Waals surface area contributed by atoms with E-state index in [0.717, 1.165) is 36.9 Å². The number of aryl methyl sites for hydroxylation is 1. The van der Waals surface area contributed by atoms with E-state index in [1.165, 1.54) is 12.8 Å². The lowest BCUT2D eigenvalue weighted by Crippen LogP contribution is -2.41. The van der Waals surface area contributed by atoms with Crippen molar-refractivity contribution in [3.63, 3.8) is 0 Å². The highest BCUT2D eigenvalue weighted by atomic mass is 16.2. The monoisotopic (exact) mass is 205 g/mol. The second-order valence-corrected chi connectivity index (χ2v) is 4.59. The summed E-state index contributed by atoms with van der Waals surface area (Å²) in [5.74, 6) is 0.929. The summed E-state index contributed by atoms with van der Waals surface area (Å²) in [5.41, 5.74) is 1.70. The SMILES string of the molecule is Cc1cc2n(n1)CCN(CC1CC1)C2=O. The van der Waals surface area contributed by atoms with Crippen LogP contribution in [0.15, 0.2) is 6.07 Å². The number of hydrogen-bond donors (Lipinski definition) is 0. The van der Waals surface area contributed by atoms with Crippen LogP contribution in [0.4, 0.5) is 0 Å². The summed E-state index contributed by atoms with van der Waals surface area (Å²) < 4.78 is 1.83. The molecule has 1 amide bonds. The van der Waals surface area contributed by atoms with E-state index >= 15 is 0 Å². The van der Waals surface area contributed by atoms with Gasteiger partial charge in [-0.1, -0.05) is 0 Å². The Morgan fingerprint density at radius 3 is 3.00 bits per heavy atom. The van der Waals surface area contributed by atoms with Crippen LogP contribution in [-0.2, 0) is 6.54 Å². The Hall–Kier alpha value is -1.32. The van der Waals surface area contributed by atoms with E-state index in [9.17, 15) is 4.79 Å². The van der Waals surface area contributed by atoms with Crippen LogP contribution in [-0.4, -0.2) is 33.7 Å². The number of nitrogens with zero attached hydrogens (tertiary/aromatic N) is 3. The fraction of sp³-hybridized carbons (Fsp3) is 0.636. The maximum absolute atomic E-state index is 12.1. The lowest BCUT2D eigenvalue weighted by molar-refractivity contribution is 0.0689. The summed E-state index contributed by atoms with van der Waals surface area (Å²) in [5, 5.41) is 4.30. The van der Waals surface area contributed by atoms with Crippen molar-refractivity contribution >= 4 is 5.91 Å². The molecule has 4 nitrogen and oxygen atoms in total. The largest absolute Gasteiger partial charge is 0.335 e. The zero-order valence-corrected chi connectivity index (χ0v) is 8.94. The lowest BCUT2D eigenvalue weighted by Gasteiger charge is -2.27. The van der Waals surface area contributed by atoms with E-state index in [1.54, 1.807) is 0 Å². The van der Waals surface area contributed by atoms with Gasteiger partial charge in [-0.3, -0.25) is 9.48 Å². The van der Waals surface area contributed by atoms with Gasteiger partial charge in [-0.15, -0.1) is 0 Å². The van der Waals surface area contributed by atoms with Gasteiger partial charge >= 0.3 is 0 Å². The first-order valence-corrected chi connectivity index (χ1v) is 5.58. The van der Waals surface area contributed by atoms with Gasteiger partial charge in [0.25, 0.3) is 5.91 Å². The highest BCUT2D eigenvalue weighted by Crippen LogP contribution is 2.30. The van der Waals surface area contributed by atoms with Crippen molar-refractivity contribution in [2.24, 2.45) is 5.92 Å². The third-order valence-electron chi connectivity index (χ3n) is 3.17. The number of fused-ring (bicyclic) bond motifs is 1. The maximum Gasteiger partial charge on any atom is 0.272 e. The van der Waals surface area contributed by atoms with Crippen LogP contribution in [0.3, 0.4) is 0 Å². The second kappa shape index (κ2) is 3.08. The molecule has 0 unspecified atom stereocenters. The highest BCUT2D eigenvalue weighted by Gasteiger charge is 2.31. The Bertz CT molecular complexity index is 406. The summed E-state index contributed by atoms with van der Waals surface area (Å²) in [6, 6.07) is 1.89. The van der Waals surface area contributed by atoms with Crippen molar-refractivity contribution in [2.75, 3.05) is 13.1 Å². The van der Waals surface area contributed by atoms with E-state index < -0.39 is 0 Å². The molecular weight excluding hydrogens is 190 g/mol. The lowest BCUT2D eigenvalue weighted by atomic mass is 10.2. The third kappa shape index (κ3) is 1.54. The summed E-state index contributed by atoms with van der Waals surface area (Å²) in [6.45, 7) is 4.55. The summed E-state index contributed by atoms with van der Waals surface area (Å²) >= 11 is 0. The van der Waals surface area contributed by atoms with Crippen LogP contribution < -0.4 is 0 Å². The first kappa shape index (κ1) is 8.95. The molecule has 1 saturated carbocycles. The molecule has 0 bridgehead atoms. The zero-order valence-electron chi connectivity index (χ0n) is 8.94. The Balaban J connectivity index is 1.84. The van der Waals surface area contributed by atoms with Gasteiger partial charge in [-0.05, 0) is 31.7 Å². The molecule has 0 atom stereocenters. The van der Waals surface area contributed by atoms with Crippen LogP contribution in [0.25, 0.3) is 0 Å². The Morgan fingerprint density at radius 1 is 1.47 bits per heavy atom. The Kier molecular flexibility index (Phi) is 1.84. The zero-order chi connectivity index (χ0) is 10.4. The topological polar surface area (TPSA) is 38.1 Å². The Morgan fingerprint density at radius 2 is 2.27 bits per heavy atom. The van der Waals surface area contributed by atoms with Crippen LogP contribution in [0.1, 0.15) is 29.0 Å². The van der Waals surface area contributed by atoms with E-state index in [-0.39, 0.29) is 5.91 Å². The molecule has 4 heteroatoms. The number of hydrogen-bond acceptors (Lipinski definition) is 2. The van der Waals surface area contributed by atoms with Gasteiger partial charge in [0.2, 0.25) is 0 Å². The maximum atomic E-state index is 12.1. The van der Waals surface area contributed by atoms with Crippen LogP contribution >= 0.6 is 0 Å². The predicted molar refractivity (Wildman–Crippen MR) is 55.6 cm³/mol. The molecule has 0 aromatic carbocycles. The number of aromatic nitrogens is 2. The van der Waals surface area contributed by atoms with Crippen molar-refractivity contribution < 1.29 is 4.79 Å². The fourth-order valence-corrected chi connectivity index (χ4v) is 2.15. The molecule has 1 aliphatic heterocycles. The van der Waals surface area contributed by atoms with E-state index in [4.69, 9.17) is 0 Å². The standard InChI is InChI=1S/C11H15N3O/c1-8-6-10-11(15)13(7-9-2-3-9)4-5-14(10)12-8/h6,9H,2-5,7H2,1H3. The number of amides is 1. The van der Waals surface area contributed by atoms with E-state index in [0.29, 0.717) is 0 Å². The van der Waals surface area contributed by atoms with Gasteiger partial charge in [0, 0.05) is 13.1 Å². The van der Waals surface area contributed by atoms with Crippen LogP contribution in [0.2, 0.25) is 0 Å². The number of rotatable bonds is 2. The van der Waals surface area contributed by atoms with Gasteiger partial charge in [0.1, 0.15) is 5.69 Å². The van der Waals surface area contributed by atoms with E-state index in [1.807, 2.05) is 22.6 Å². The molecule has 0 N–H and O–H groups in total. The van der Waals surface area contributed by atoms with E-state index in [2.05, 4.69) is 5.10 Å². The average molecular weight is 205 g/mol. The van der Waals surface area contributed by atoms with Gasteiger partial charge < -0.3 is 4.90 Å². The minimum atomic E-state index is 0.161. The first-order valence-electron chi connectivity index (χ1n) is 5.58. The third-order valence-corrected chi connectivity index (χ3v) is 3.17. The predicted octanol–water partition coefficient (Wildman–Crippen LogP) is 1.06. The minimum absolute atomic E-state index is 0.161. The normalized spacial score (nSPS) is 20.6. The highest BCUT2D eigenvalue weighted by molar-refractivity contribution is 5.93. The molecule has 1 aromatic heterocycles. The van der Waals surface area contributed by atoms with Crippen molar-refractivity contribution in [1.29, 1.82) is 0 Å². The molecule has 1 fully saturated rings. The molecular formula is C11H15N3O. The van der Waals surface area contributed by atoms with Gasteiger partial charge in [0.15, 0.2) is 0 Å². The molecule has 80 valence electrons. The van der Waals surface area contributed by atoms with Crippen molar-refractivity contribution in [3.8, 4) is 0 Å². The minimum Gasteiger partial charge on any atom is -0.335 e. The van der Waals surface area contributed by atoms with Crippen molar-refractivity contribution in [3.05, 3.63) is 17.5 Å². The van der Waals surface area contributed by atoms with Crippen LogP contribution in [0, 0.1) is 12.8 Å². The molecule has 0 radical (unpaired) electrons. The Labute approximate surface area is 88.9 Å². The molecule has 1 aromatic rings. The summed E-state index contributed by atoms with van der Waals surface area (Å²) in [6.07, 6.45) is 2.59. The van der Waals surface area contributed by atoms with Gasteiger partial charge in [0.05, 0.1) is 12.2 Å². The van der Waals surface area contributed by atoms with Crippen LogP contribution in [0.5, 0.6) is 0 Å². The molecule has 3 rings (SSSR count). The average Bonchev–Trinajstić information content (AvgIpc) is 2.93. The quantitative estimate of drug-likeness (QED) is 0.724.